The van der Waals surface area contributed by atoms with E-state index in [4.69, 9.17) is 0 Å². The highest BCUT2D eigenvalue weighted by Gasteiger charge is 2.14. The molecule has 90 valence electrons. The van der Waals surface area contributed by atoms with Gasteiger partial charge in [0.1, 0.15) is 5.75 Å². The number of hydrogen-bond donors (Lipinski definition) is 0. The molecule has 2 aromatic rings. The summed E-state index contributed by atoms with van der Waals surface area (Å²) in [4.78, 5) is 0. The van der Waals surface area contributed by atoms with Crippen molar-refractivity contribution < 1.29 is 13.3 Å². The predicted molar refractivity (Wildman–Crippen MR) is 68.0 cm³/mol. The van der Waals surface area contributed by atoms with Crippen molar-refractivity contribution >= 4 is 32.6 Å². The third-order valence-electron chi connectivity index (χ3n) is 2.23. The molecule has 17 heavy (non-hydrogen) atoms. The average Bonchev–Trinajstić information content (AvgIpc) is 2.71. The van der Waals surface area contributed by atoms with E-state index in [2.05, 4.69) is 0 Å². The lowest BCUT2D eigenvalue weighted by molar-refractivity contribution is 0.418. The summed E-state index contributed by atoms with van der Waals surface area (Å²) in [5.41, 5.74) is 0. The molecule has 1 heterocycles. The summed E-state index contributed by atoms with van der Waals surface area (Å²) in [6, 6.07) is 9.62. The zero-order valence-corrected chi connectivity index (χ0v) is 10.5. The minimum absolute atomic E-state index is 0.142. The highest BCUT2D eigenvalue weighted by Crippen LogP contribution is 2.29. The van der Waals surface area contributed by atoms with Crippen molar-refractivity contribution in [1.82, 2.24) is 0 Å². The largest absolute Gasteiger partial charge is 0.611 e. The Morgan fingerprint density at radius 3 is 2.82 bits per heavy atom. The Balaban J connectivity index is 2.08. The van der Waals surface area contributed by atoms with Crippen LogP contribution in [0, 0.1) is 0 Å². The first-order chi connectivity index (χ1) is 8.16. The second kappa shape index (κ2) is 5.62. The molecular weight excluding hydrogens is 262 g/mol. The van der Waals surface area contributed by atoms with Crippen molar-refractivity contribution in [2.24, 2.45) is 0 Å². The van der Waals surface area contributed by atoms with Gasteiger partial charge in [0.25, 0.3) is 6.08 Å². The minimum atomic E-state index is -1.71. The Labute approximate surface area is 105 Å². The van der Waals surface area contributed by atoms with E-state index < -0.39 is 17.3 Å². The topological polar surface area (TPSA) is 23.1 Å². The standard InChI is InChI=1S/C12H10F2OS2/c13-11(14)6-3-7-17(15)12-8-9-4-1-2-5-10(9)16-12/h1-2,4-6,8H,3,7H2. The molecule has 0 amide bonds. The third-order valence-corrected chi connectivity index (χ3v) is 5.12. The van der Waals surface area contributed by atoms with Crippen molar-refractivity contribution in [2.75, 3.05) is 5.75 Å². The molecule has 1 atom stereocenters. The van der Waals surface area contributed by atoms with Crippen molar-refractivity contribution in [2.45, 2.75) is 10.6 Å². The van der Waals surface area contributed by atoms with Crippen LogP contribution in [0.1, 0.15) is 6.42 Å². The summed E-state index contributed by atoms with van der Waals surface area (Å²) in [6.45, 7) is 0. The summed E-state index contributed by atoms with van der Waals surface area (Å²) in [7, 11) is 0. The number of allylic oxidation sites excluding steroid dienone is 1. The van der Waals surface area contributed by atoms with Gasteiger partial charge in [-0.1, -0.05) is 29.5 Å². The molecule has 0 bridgehead atoms. The highest BCUT2D eigenvalue weighted by molar-refractivity contribution is 7.93. The fourth-order valence-corrected chi connectivity index (χ4v) is 3.92. The maximum Gasteiger partial charge on any atom is 0.266 e. The van der Waals surface area contributed by atoms with Gasteiger partial charge in [0.2, 0.25) is 4.21 Å². The van der Waals surface area contributed by atoms with Gasteiger partial charge in [-0.05, 0) is 28.7 Å². The minimum Gasteiger partial charge on any atom is -0.611 e. The monoisotopic (exact) mass is 272 g/mol. The van der Waals surface area contributed by atoms with Crippen molar-refractivity contribution in [3.05, 3.63) is 42.5 Å². The lowest BCUT2D eigenvalue weighted by Gasteiger charge is -2.05. The quantitative estimate of drug-likeness (QED) is 0.766. The lowest BCUT2D eigenvalue weighted by Crippen LogP contribution is -2.03. The second-order valence-corrected chi connectivity index (χ2v) is 6.32. The van der Waals surface area contributed by atoms with Gasteiger partial charge in [0.05, 0.1) is 0 Å². The van der Waals surface area contributed by atoms with Crippen LogP contribution in [0.2, 0.25) is 0 Å². The van der Waals surface area contributed by atoms with E-state index in [0.29, 0.717) is 0 Å². The van der Waals surface area contributed by atoms with E-state index >= 15 is 0 Å². The smallest absolute Gasteiger partial charge is 0.266 e. The first-order valence-corrected chi connectivity index (χ1v) is 7.18. The van der Waals surface area contributed by atoms with Gasteiger partial charge in [-0.15, -0.1) is 0 Å². The van der Waals surface area contributed by atoms with Gasteiger partial charge in [-0.2, -0.15) is 8.78 Å². The lowest BCUT2D eigenvalue weighted by atomic mass is 10.3. The van der Waals surface area contributed by atoms with Crippen molar-refractivity contribution in [3.8, 4) is 0 Å². The first kappa shape index (κ1) is 12.5. The molecule has 0 aliphatic carbocycles. The van der Waals surface area contributed by atoms with E-state index in [-0.39, 0.29) is 12.2 Å². The van der Waals surface area contributed by atoms with Crippen LogP contribution in [0.5, 0.6) is 0 Å². The fourth-order valence-electron chi connectivity index (χ4n) is 1.45. The normalized spacial score (nSPS) is 12.6. The summed E-state index contributed by atoms with van der Waals surface area (Å²) < 4.78 is 37.3. The Bertz CT molecular complexity index is 499. The molecule has 1 aromatic heterocycles. The van der Waals surface area contributed by atoms with Crippen molar-refractivity contribution in [1.29, 1.82) is 0 Å². The van der Waals surface area contributed by atoms with Crippen LogP contribution < -0.4 is 0 Å². The molecule has 0 spiro atoms. The number of halogens is 2. The molecule has 5 heteroatoms. The predicted octanol–water partition coefficient (Wildman–Crippen LogP) is 4.18. The summed E-state index contributed by atoms with van der Waals surface area (Å²) in [6.07, 6.45) is -0.757. The van der Waals surface area contributed by atoms with Gasteiger partial charge in [0, 0.05) is 17.2 Å². The van der Waals surface area contributed by atoms with Crippen LogP contribution in [0.4, 0.5) is 8.78 Å². The molecular formula is C12H10F2OS2. The molecule has 0 aliphatic rings. The van der Waals surface area contributed by atoms with E-state index in [9.17, 15) is 13.3 Å². The number of rotatable bonds is 4. The van der Waals surface area contributed by atoms with Crippen LogP contribution in [0.15, 0.2) is 46.7 Å². The molecule has 0 N–H and O–H groups in total. The summed E-state index contributed by atoms with van der Waals surface area (Å²) >= 11 is 0.264. The summed E-state index contributed by atoms with van der Waals surface area (Å²) in [5, 5.41) is 1.05. The molecule has 2 rings (SSSR count). The van der Waals surface area contributed by atoms with Crippen LogP contribution >= 0.6 is 11.3 Å². The number of hydrogen-bond acceptors (Lipinski definition) is 2. The molecule has 1 nitrogen and oxygen atoms in total. The van der Waals surface area contributed by atoms with Gasteiger partial charge >= 0.3 is 0 Å². The Kier molecular flexibility index (Phi) is 4.15. The van der Waals surface area contributed by atoms with Crippen molar-refractivity contribution in [3.63, 3.8) is 0 Å². The molecule has 1 unspecified atom stereocenters. The van der Waals surface area contributed by atoms with E-state index in [1.54, 1.807) is 0 Å². The number of fused-ring (bicyclic) bond motifs is 1. The molecule has 0 saturated heterocycles. The van der Waals surface area contributed by atoms with Gasteiger partial charge in [0.15, 0.2) is 0 Å². The second-order valence-electron chi connectivity index (χ2n) is 3.44. The highest BCUT2D eigenvalue weighted by atomic mass is 32.2. The SMILES string of the molecule is [O-][S+](CCC=C(F)F)c1cc2ccccc2s1. The molecule has 0 fully saturated rings. The van der Waals surface area contributed by atoms with E-state index in [1.807, 2.05) is 30.3 Å². The Hall–Kier alpha value is -0.910. The Morgan fingerprint density at radius 1 is 1.35 bits per heavy atom. The maximum atomic E-state index is 11.8. The van der Waals surface area contributed by atoms with Crippen LogP contribution in [-0.2, 0) is 11.2 Å². The zero-order valence-electron chi connectivity index (χ0n) is 8.86. The van der Waals surface area contributed by atoms with Gasteiger partial charge in [-0.25, -0.2) is 0 Å². The zero-order chi connectivity index (χ0) is 12.3. The van der Waals surface area contributed by atoms with E-state index in [0.717, 1.165) is 20.4 Å². The van der Waals surface area contributed by atoms with Crippen LogP contribution in [0.3, 0.4) is 0 Å². The first-order valence-electron chi connectivity index (χ1n) is 5.05. The molecule has 0 radical (unpaired) electrons. The molecule has 0 aliphatic heterocycles. The van der Waals surface area contributed by atoms with Crippen LogP contribution in [0.25, 0.3) is 10.1 Å². The molecule has 1 aromatic carbocycles. The maximum absolute atomic E-state index is 11.8. The molecule has 0 saturated carbocycles. The van der Waals surface area contributed by atoms with E-state index in [1.165, 1.54) is 11.3 Å². The average molecular weight is 272 g/mol. The number of benzene rings is 1. The van der Waals surface area contributed by atoms with Crippen LogP contribution in [-0.4, -0.2) is 10.3 Å². The fraction of sp³-hybridized carbons (Fsp3) is 0.167. The van der Waals surface area contributed by atoms with Gasteiger partial charge < -0.3 is 4.55 Å². The Morgan fingerprint density at radius 2 is 2.12 bits per heavy atom. The number of thiophene rings is 1. The third kappa shape index (κ3) is 3.28. The van der Waals surface area contributed by atoms with Gasteiger partial charge in [-0.3, -0.25) is 0 Å². The summed E-state index contributed by atoms with van der Waals surface area (Å²) in [5.74, 6) is 0.240.